The molecule has 0 aromatic carbocycles. The summed E-state index contributed by atoms with van der Waals surface area (Å²) in [6.45, 7) is -0.299. The zero-order valence-corrected chi connectivity index (χ0v) is 8.48. The highest BCUT2D eigenvalue weighted by Gasteiger charge is 2.09. The summed E-state index contributed by atoms with van der Waals surface area (Å²) in [5.74, 6) is 0.234. The molecule has 0 bridgehead atoms. The van der Waals surface area contributed by atoms with Crippen molar-refractivity contribution >= 4 is 23.7 Å². The van der Waals surface area contributed by atoms with Crippen LogP contribution in [0.4, 0.5) is 5.82 Å². The van der Waals surface area contributed by atoms with Gasteiger partial charge in [-0.25, -0.2) is 9.97 Å². The highest BCUT2D eigenvalue weighted by atomic mass is 35.5. The maximum atomic E-state index is 10.6. The number of hydrogen-bond acceptors (Lipinski definition) is 6. The molecule has 7 heteroatoms. The number of halogens is 1. The van der Waals surface area contributed by atoms with Gasteiger partial charge in [-0.2, -0.15) is 0 Å². The maximum Gasteiger partial charge on any atom is 0.156 e. The zero-order chi connectivity index (χ0) is 11.3. The van der Waals surface area contributed by atoms with Gasteiger partial charge < -0.3 is 15.5 Å². The molecule has 0 saturated heterocycles. The predicted octanol–water partition coefficient (Wildman–Crippen LogP) is -0.292. The number of aliphatic hydroxyl groups is 2. The fourth-order valence-electron chi connectivity index (χ4n) is 0.898. The summed E-state index contributed by atoms with van der Waals surface area (Å²) < 4.78 is 0. The van der Waals surface area contributed by atoms with Crippen LogP contribution in [0.15, 0.2) is 6.33 Å². The van der Waals surface area contributed by atoms with E-state index in [0.29, 0.717) is 6.29 Å². The molecule has 0 aliphatic heterocycles. The van der Waals surface area contributed by atoms with E-state index in [1.165, 1.54) is 6.33 Å². The van der Waals surface area contributed by atoms with E-state index in [1.807, 2.05) is 0 Å². The number of carbonyl (C=O) groups excluding carboxylic acids is 1. The van der Waals surface area contributed by atoms with Gasteiger partial charge in [0, 0.05) is 6.54 Å². The van der Waals surface area contributed by atoms with Crippen LogP contribution >= 0.6 is 11.6 Å². The Bertz CT molecular complexity index is 348. The monoisotopic (exact) mass is 231 g/mol. The van der Waals surface area contributed by atoms with Crippen LogP contribution in [-0.4, -0.2) is 45.7 Å². The molecule has 0 amide bonds. The van der Waals surface area contributed by atoms with Crippen LogP contribution in [0.5, 0.6) is 0 Å². The molecule has 1 rings (SSSR count). The minimum Gasteiger partial charge on any atom is -0.394 e. The van der Waals surface area contributed by atoms with Crippen molar-refractivity contribution in [2.24, 2.45) is 0 Å². The summed E-state index contributed by atoms with van der Waals surface area (Å²) in [5.41, 5.74) is 0.129. The van der Waals surface area contributed by atoms with Crippen LogP contribution in [-0.2, 0) is 0 Å². The zero-order valence-electron chi connectivity index (χ0n) is 7.72. The van der Waals surface area contributed by atoms with E-state index in [0.717, 1.165) is 0 Å². The topological polar surface area (TPSA) is 95.3 Å². The van der Waals surface area contributed by atoms with Crippen LogP contribution in [0.3, 0.4) is 0 Å². The molecular weight excluding hydrogens is 222 g/mol. The first-order valence-corrected chi connectivity index (χ1v) is 4.55. The van der Waals surface area contributed by atoms with Gasteiger partial charge >= 0.3 is 0 Å². The van der Waals surface area contributed by atoms with Crippen LogP contribution in [0.1, 0.15) is 10.4 Å². The standard InChI is InChI=1S/C8H10ClN3O3/c9-7-6(3-14)8(12-4-11-7)10-1-5(15)2-13/h3-5,13,15H,1-2H2,(H,10,11,12). The molecule has 82 valence electrons. The van der Waals surface area contributed by atoms with Crippen molar-refractivity contribution in [1.82, 2.24) is 9.97 Å². The number of nitrogens with one attached hydrogen (secondary N) is 1. The number of carbonyl (C=O) groups is 1. The van der Waals surface area contributed by atoms with Crippen LogP contribution in [0, 0.1) is 0 Å². The van der Waals surface area contributed by atoms with E-state index < -0.39 is 6.10 Å². The fourth-order valence-corrected chi connectivity index (χ4v) is 1.08. The third-order valence-corrected chi connectivity index (χ3v) is 1.97. The molecular formula is C8H10ClN3O3. The molecule has 1 aromatic heterocycles. The number of nitrogens with zero attached hydrogens (tertiary/aromatic N) is 2. The fraction of sp³-hybridized carbons (Fsp3) is 0.375. The molecule has 1 heterocycles. The molecule has 0 fully saturated rings. The third kappa shape index (κ3) is 3.12. The van der Waals surface area contributed by atoms with Crippen molar-refractivity contribution in [3.8, 4) is 0 Å². The summed E-state index contributed by atoms with van der Waals surface area (Å²) in [6.07, 6.45) is 0.803. The molecule has 1 atom stereocenters. The molecule has 0 aliphatic rings. The summed E-state index contributed by atoms with van der Waals surface area (Å²) in [5, 5.41) is 20.4. The number of rotatable bonds is 5. The Morgan fingerprint density at radius 3 is 2.93 bits per heavy atom. The number of hydrogen-bond donors (Lipinski definition) is 3. The maximum absolute atomic E-state index is 10.6. The second-order valence-electron chi connectivity index (χ2n) is 2.76. The van der Waals surface area contributed by atoms with Crippen molar-refractivity contribution in [2.75, 3.05) is 18.5 Å². The van der Waals surface area contributed by atoms with E-state index in [9.17, 15) is 4.79 Å². The van der Waals surface area contributed by atoms with E-state index in [2.05, 4.69) is 15.3 Å². The predicted molar refractivity (Wildman–Crippen MR) is 54.0 cm³/mol. The molecule has 0 radical (unpaired) electrons. The Kier molecular flexibility index (Phi) is 4.41. The average molecular weight is 232 g/mol. The van der Waals surface area contributed by atoms with Crippen LogP contribution < -0.4 is 5.32 Å². The summed E-state index contributed by atoms with van der Waals surface area (Å²) in [7, 11) is 0. The molecule has 15 heavy (non-hydrogen) atoms. The third-order valence-electron chi connectivity index (χ3n) is 1.67. The van der Waals surface area contributed by atoms with E-state index >= 15 is 0 Å². The Morgan fingerprint density at radius 2 is 2.33 bits per heavy atom. The molecule has 1 aromatic rings. The summed E-state index contributed by atoms with van der Waals surface area (Å²) in [6, 6.07) is 0. The highest BCUT2D eigenvalue weighted by molar-refractivity contribution is 6.32. The van der Waals surface area contributed by atoms with E-state index in [4.69, 9.17) is 21.8 Å². The van der Waals surface area contributed by atoms with Crippen molar-refractivity contribution in [3.63, 3.8) is 0 Å². The number of aliphatic hydroxyl groups excluding tert-OH is 2. The molecule has 6 nitrogen and oxygen atoms in total. The van der Waals surface area contributed by atoms with Gasteiger partial charge in [-0.05, 0) is 0 Å². The Morgan fingerprint density at radius 1 is 1.60 bits per heavy atom. The lowest BCUT2D eigenvalue weighted by molar-refractivity contribution is 0.105. The summed E-state index contributed by atoms with van der Waals surface area (Å²) in [4.78, 5) is 18.1. The van der Waals surface area contributed by atoms with Gasteiger partial charge in [0.25, 0.3) is 0 Å². The molecule has 0 saturated carbocycles. The van der Waals surface area contributed by atoms with Gasteiger partial charge in [0.1, 0.15) is 17.3 Å². The smallest absolute Gasteiger partial charge is 0.156 e. The highest BCUT2D eigenvalue weighted by Crippen LogP contribution is 2.16. The van der Waals surface area contributed by atoms with E-state index in [-0.39, 0.29) is 29.7 Å². The first-order chi connectivity index (χ1) is 7.19. The van der Waals surface area contributed by atoms with Crippen molar-refractivity contribution in [3.05, 3.63) is 17.0 Å². The lowest BCUT2D eigenvalue weighted by Crippen LogP contribution is -2.24. The van der Waals surface area contributed by atoms with Gasteiger partial charge in [-0.3, -0.25) is 4.79 Å². The van der Waals surface area contributed by atoms with Gasteiger partial charge in [0.2, 0.25) is 0 Å². The largest absolute Gasteiger partial charge is 0.394 e. The molecule has 1 unspecified atom stereocenters. The SMILES string of the molecule is O=Cc1c(Cl)ncnc1NCC(O)CO. The number of aromatic nitrogens is 2. The first kappa shape index (κ1) is 11.8. The molecule has 3 N–H and O–H groups in total. The van der Waals surface area contributed by atoms with Gasteiger partial charge in [-0.15, -0.1) is 0 Å². The molecule has 0 spiro atoms. The van der Waals surface area contributed by atoms with E-state index in [1.54, 1.807) is 0 Å². The number of aldehydes is 1. The quantitative estimate of drug-likeness (QED) is 0.476. The Hall–Kier alpha value is -1.24. The second kappa shape index (κ2) is 5.59. The van der Waals surface area contributed by atoms with Gasteiger partial charge in [-0.1, -0.05) is 11.6 Å². The Labute approximate surface area is 90.9 Å². The normalized spacial score (nSPS) is 12.2. The lowest BCUT2D eigenvalue weighted by Gasteiger charge is -2.10. The van der Waals surface area contributed by atoms with Crippen molar-refractivity contribution in [1.29, 1.82) is 0 Å². The minimum atomic E-state index is -0.918. The van der Waals surface area contributed by atoms with Crippen LogP contribution in [0.2, 0.25) is 5.15 Å². The summed E-state index contributed by atoms with van der Waals surface area (Å²) >= 11 is 5.64. The van der Waals surface area contributed by atoms with Gasteiger partial charge in [0.05, 0.1) is 18.3 Å². The van der Waals surface area contributed by atoms with Crippen molar-refractivity contribution < 1.29 is 15.0 Å². The Balaban J connectivity index is 2.76. The first-order valence-electron chi connectivity index (χ1n) is 4.17. The van der Waals surface area contributed by atoms with Crippen LogP contribution in [0.25, 0.3) is 0 Å². The lowest BCUT2D eigenvalue weighted by atomic mass is 10.3. The second-order valence-corrected chi connectivity index (χ2v) is 3.12. The minimum absolute atomic E-state index is 0.0426. The average Bonchev–Trinajstić information content (AvgIpc) is 2.25. The molecule has 0 aliphatic carbocycles. The van der Waals surface area contributed by atoms with Crippen molar-refractivity contribution in [2.45, 2.75) is 6.10 Å². The number of anilines is 1. The van der Waals surface area contributed by atoms with Gasteiger partial charge in [0.15, 0.2) is 6.29 Å².